The van der Waals surface area contributed by atoms with Gasteiger partial charge in [-0.05, 0) is 54.4 Å². The average molecular weight is 632 g/mol. The van der Waals surface area contributed by atoms with Gasteiger partial charge in [0.2, 0.25) is 5.91 Å². The quantitative estimate of drug-likeness (QED) is 0.368. The van der Waals surface area contributed by atoms with Crippen molar-refractivity contribution in [1.29, 1.82) is 0 Å². The molecule has 196 valence electrons. The van der Waals surface area contributed by atoms with E-state index in [4.69, 9.17) is 0 Å². The fraction of sp³-hybridized carbons (Fsp3) is 0.440. The number of sulfone groups is 1. The molecule has 11 heteroatoms. The molecule has 0 bridgehead atoms. The summed E-state index contributed by atoms with van der Waals surface area (Å²) in [5.74, 6) is -0.884. The van der Waals surface area contributed by atoms with E-state index in [9.17, 15) is 27.5 Å². The van der Waals surface area contributed by atoms with Crippen molar-refractivity contribution in [1.82, 2.24) is 9.80 Å². The first-order valence-corrected chi connectivity index (χ1v) is 15.7. The van der Waals surface area contributed by atoms with Crippen LogP contribution >= 0.6 is 22.6 Å². The lowest BCUT2D eigenvalue weighted by Crippen LogP contribution is -2.53. The number of anilines is 1. The fourth-order valence-electron chi connectivity index (χ4n) is 4.87. The predicted molar refractivity (Wildman–Crippen MR) is 145 cm³/mol. The SMILES string of the molecule is CI.CS(=O)(=O)c1ccc(NC2CCN(C3CCN(C(=O)O)C(Cc4ccccc4)C3)C2=O)c(F)c1. The molecule has 3 unspecified atom stereocenters. The number of nitrogens with one attached hydrogen (secondary N) is 1. The van der Waals surface area contributed by atoms with E-state index in [1.54, 1.807) is 4.90 Å². The topological polar surface area (TPSA) is 107 Å². The average Bonchev–Trinajstić information content (AvgIpc) is 3.21. The van der Waals surface area contributed by atoms with E-state index in [1.807, 2.05) is 35.3 Å². The molecule has 8 nitrogen and oxygen atoms in total. The molecule has 2 aromatic rings. The van der Waals surface area contributed by atoms with Crippen molar-refractivity contribution >= 4 is 50.1 Å². The molecule has 2 aromatic carbocycles. The van der Waals surface area contributed by atoms with Crippen molar-refractivity contribution in [2.45, 2.75) is 48.7 Å². The number of carbonyl (C=O) groups excluding carboxylic acids is 1. The lowest BCUT2D eigenvalue weighted by atomic mass is 9.91. The lowest BCUT2D eigenvalue weighted by Gasteiger charge is -2.41. The number of alkyl halides is 1. The second-order valence-electron chi connectivity index (χ2n) is 8.93. The number of hydrogen-bond donors (Lipinski definition) is 2. The van der Waals surface area contributed by atoms with Crippen molar-refractivity contribution in [2.24, 2.45) is 0 Å². The second-order valence-corrected chi connectivity index (χ2v) is 10.9. The van der Waals surface area contributed by atoms with Gasteiger partial charge in [-0.2, -0.15) is 0 Å². The molecule has 0 saturated carbocycles. The minimum Gasteiger partial charge on any atom is -0.465 e. The van der Waals surface area contributed by atoms with E-state index in [2.05, 4.69) is 27.9 Å². The third-order valence-electron chi connectivity index (χ3n) is 6.63. The van der Waals surface area contributed by atoms with Crippen molar-refractivity contribution in [3.8, 4) is 0 Å². The van der Waals surface area contributed by atoms with Crippen LogP contribution in [0.5, 0.6) is 0 Å². The first-order valence-electron chi connectivity index (χ1n) is 11.6. The molecule has 3 atom stereocenters. The minimum atomic E-state index is -3.53. The molecule has 2 amide bonds. The number of hydrogen-bond acceptors (Lipinski definition) is 5. The van der Waals surface area contributed by atoms with Gasteiger partial charge in [0.05, 0.1) is 10.6 Å². The first-order chi connectivity index (χ1) is 17.1. The van der Waals surface area contributed by atoms with Gasteiger partial charge in [0.1, 0.15) is 11.9 Å². The minimum absolute atomic E-state index is 0.0789. The van der Waals surface area contributed by atoms with Gasteiger partial charge in [-0.25, -0.2) is 17.6 Å². The molecule has 36 heavy (non-hydrogen) atoms. The monoisotopic (exact) mass is 631 g/mol. The van der Waals surface area contributed by atoms with Gasteiger partial charge in [-0.15, -0.1) is 0 Å². The molecular weight excluding hydrogens is 600 g/mol. The van der Waals surface area contributed by atoms with Gasteiger partial charge in [0, 0.05) is 31.4 Å². The number of benzene rings is 2. The highest BCUT2D eigenvalue weighted by Crippen LogP contribution is 2.29. The molecule has 2 aliphatic rings. The smallest absolute Gasteiger partial charge is 0.407 e. The lowest BCUT2D eigenvalue weighted by molar-refractivity contribution is -0.131. The number of rotatable bonds is 6. The summed E-state index contributed by atoms with van der Waals surface area (Å²) in [4.78, 5) is 30.0. The molecule has 0 spiro atoms. The van der Waals surface area contributed by atoms with Crippen LogP contribution in [-0.2, 0) is 21.1 Å². The van der Waals surface area contributed by atoms with Crippen LogP contribution in [0.2, 0.25) is 0 Å². The van der Waals surface area contributed by atoms with Crippen LogP contribution in [0.1, 0.15) is 24.8 Å². The zero-order valence-electron chi connectivity index (χ0n) is 20.2. The normalized spacial score (nSPS) is 22.1. The Balaban J connectivity index is 0.00000176. The summed E-state index contributed by atoms with van der Waals surface area (Å²) < 4.78 is 37.7. The number of carboxylic acid groups (broad SMARTS) is 1. The van der Waals surface area contributed by atoms with Crippen molar-refractivity contribution in [3.05, 3.63) is 59.9 Å². The van der Waals surface area contributed by atoms with Gasteiger partial charge >= 0.3 is 6.09 Å². The predicted octanol–water partition coefficient (Wildman–Crippen LogP) is 4.05. The van der Waals surface area contributed by atoms with Crippen LogP contribution in [0.15, 0.2) is 53.4 Å². The molecule has 0 aliphatic carbocycles. The fourth-order valence-corrected chi connectivity index (χ4v) is 5.51. The highest BCUT2D eigenvalue weighted by molar-refractivity contribution is 14.1. The van der Waals surface area contributed by atoms with Crippen molar-refractivity contribution in [3.63, 3.8) is 0 Å². The third kappa shape index (κ3) is 6.67. The van der Waals surface area contributed by atoms with Gasteiger partial charge in [-0.3, -0.25) is 4.79 Å². The Morgan fingerprint density at radius 1 is 1.14 bits per heavy atom. The highest BCUT2D eigenvalue weighted by atomic mass is 127. The van der Waals surface area contributed by atoms with Gasteiger partial charge in [-0.1, -0.05) is 52.9 Å². The van der Waals surface area contributed by atoms with E-state index < -0.39 is 27.8 Å². The van der Waals surface area contributed by atoms with Crippen LogP contribution in [0.4, 0.5) is 14.9 Å². The molecule has 2 aliphatic heterocycles. The molecule has 2 N–H and O–H groups in total. The summed E-state index contributed by atoms with van der Waals surface area (Å²) in [6, 6.07) is 12.3. The highest BCUT2D eigenvalue weighted by Gasteiger charge is 2.40. The molecule has 2 saturated heterocycles. The van der Waals surface area contributed by atoms with Crippen molar-refractivity contribution in [2.75, 3.05) is 29.6 Å². The summed E-state index contributed by atoms with van der Waals surface area (Å²) in [7, 11) is -3.53. The van der Waals surface area contributed by atoms with Crippen LogP contribution < -0.4 is 5.32 Å². The van der Waals surface area contributed by atoms with E-state index in [0.29, 0.717) is 38.8 Å². The number of likely N-dealkylation sites (tertiary alicyclic amines) is 2. The summed E-state index contributed by atoms with van der Waals surface area (Å²) in [5, 5.41) is 12.6. The number of halogens is 2. The van der Waals surface area contributed by atoms with Crippen molar-refractivity contribution < 1.29 is 27.5 Å². The summed E-state index contributed by atoms with van der Waals surface area (Å²) in [5.41, 5.74) is 1.12. The molecule has 2 fully saturated rings. The number of amides is 2. The molecule has 0 radical (unpaired) electrons. The van der Waals surface area contributed by atoms with Crippen LogP contribution in [0.3, 0.4) is 0 Å². The summed E-state index contributed by atoms with van der Waals surface area (Å²) >= 11 is 2.15. The molecule has 2 heterocycles. The van der Waals surface area contributed by atoms with E-state index in [-0.39, 0.29) is 28.6 Å². The maximum atomic E-state index is 14.5. The maximum absolute atomic E-state index is 14.5. The largest absolute Gasteiger partial charge is 0.465 e. The van der Waals surface area contributed by atoms with Gasteiger partial charge in [0.15, 0.2) is 9.84 Å². The molecular formula is C25H31FIN3O5S. The number of nitrogens with zero attached hydrogens (tertiary/aromatic N) is 2. The molecule has 0 aromatic heterocycles. The zero-order chi connectivity index (χ0) is 26.5. The maximum Gasteiger partial charge on any atom is 0.407 e. The molecule has 4 rings (SSSR count). The second kappa shape index (κ2) is 12.2. The first kappa shape index (κ1) is 28.2. The van der Waals surface area contributed by atoms with E-state index >= 15 is 0 Å². The Morgan fingerprint density at radius 3 is 2.44 bits per heavy atom. The zero-order valence-corrected chi connectivity index (χ0v) is 23.2. The number of piperidine rings is 1. The van der Waals surface area contributed by atoms with Gasteiger partial charge < -0.3 is 20.2 Å². The van der Waals surface area contributed by atoms with Crippen LogP contribution in [-0.4, -0.2) is 77.7 Å². The Hall–Kier alpha value is -2.41. The summed E-state index contributed by atoms with van der Waals surface area (Å²) in [6.07, 6.45) is 2.19. The Kier molecular flexibility index (Phi) is 9.56. The Morgan fingerprint density at radius 2 is 1.83 bits per heavy atom. The number of carbonyl (C=O) groups is 2. The summed E-state index contributed by atoms with van der Waals surface area (Å²) in [6.45, 7) is 0.844. The van der Waals surface area contributed by atoms with Crippen LogP contribution in [0, 0.1) is 5.82 Å². The van der Waals surface area contributed by atoms with Crippen LogP contribution in [0.25, 0.3) is 0 Å². The Labute approximate surface area is 224 Å². The van der Waals surface area contributed by atoms with Gasteiger partial charge in [0.25, 0.3) is 0 Å². The standard InChI is InChI=1S/C24H28FN3O5S.CH3I/c1-34(32,33)19-7-8-21(20(25)15-19)26-22-10-12-27(23(22)29)17-9-11-28(24(30)31)18(14-17)13-16-5-3-2-4-6-16;1-2/h2-8,15,17-18,22,26H,9-14H2,1H3,(H,30,31);1H3. The van der Waals surface area contributed by atoms with E-state index in [1.165, 1.54) is 17.0 Å². The third-order valence-corrected chi connectivity index (χ3v) is 7.74. The Bertz CT molecular complexity index is 1180. The van der Waals surface area contributed by atoms with E-state index in [0.717, 1.165) is 17.9 Å².